The summed E-state index contributed by atoms with van der Waals surface area (Å²) in [5.74, 6) is 0.954. The van der Waals surface area contributed by atoms with Crippen molar-refractivity contribution >= 4 is 17.7 Å². The zero-order valence-corrected chi connectivity index (χ0v) is 10.9. The Kier molecular flexibility index (Phi) is 3.93. The molecule has 94 valence electrons. The third-order valence-corrected chi connectivity index (χ3v) is 4.62. The monoisotopic (exact) mass is 261 g/mol. The molecule has 0 heterocycles. The SMILES string of the molecule is N#Cc1ccccc1CSCC1(CC(=O)O)CC1. The van der Waals surface area contributed by atoms with Gasteiger partial charge < -0.3 is 5.11 Å². The maximum absolute atomic E-state index is 10.7. The summed E-state index contributed by atoms with van der Waals surface area (Å²) in [6.45, 7) is 0. The molecule has 1 aliphatic carbocycles. The van der Waals surface area contributed by atoms with Gasteiger partial charge in [0.1, 0.15) is 0 Å². The highest BCUT2D eigenvalue weighted by Gasteiger charge is 2.43. The fraction of sp³-hybridized carbons (Fsp3) is 0.429. The lowest BCUT2D eigenvalue weighted by molar-refractivity contribution is -0.138. The number of carboxylic acid groups (broad SMARTS) is 1. The van der Waals surface area contributed by atoms with Crippen LogP contribution in [-0.2, 0) is 10.5 Å². The van der Waals surface area contributed by atoms with Crippen molar-refractivity contribution in [3.05, 3.63) is 35.4 Å². The van der Waals surface area contributed by atoms with Crippen molar-refractivity contribution in [2.24, 2.45) is 5.41 Å². The summed E-state index contributed by atoms with van der Waals surface area (Å²) in [4.78, 5) is 10.7. The molecule has 4 heteroatoms. The standard InChI is InChI=1S/C14H15NO2S/c15-8-11-3-1-2-4-12(11)9-18-10-14(5-6-14)7-13(16)17/h1-4H,5-7,9-10H2,(H,16,17). The van der Waals surface area contributed by atoms with Crippen molar-refractivity contribution in [1.29, 1.82) is 5.26 Å². The number of thioether (sulfide) groups is 1. The molecular weight excluding hydrogens is 246 g/mol. The van der Waals surface area contributed by atoms with Crippen LogP contribution in [0.1, 0.15) is 30.4 Å². The van der Waals surface area contributed by atoms with E-state index in [1.165, 1.54) is 0 Å². The van der Waals surface area contributed by atoms with Gasteiger partial charge in [-0.05, 0) is 35.6 Å². The minimum atomic E-state index is -0.703. The van der Waals surface area contributed by atoms with Crippen LogP contribution in [0.2, 0.25) is 0 Å². The van der Waals surface area contributed by atoms with Crippen LogP contribution in [0.4, 0.5) is 0 Å². The molecule has 1 aliphatic rings. The summed E-state index contributed by atoms with van der Waals surface area (Å²) in [6.07, 6.45) is 2.32. The van der Waals surface area contributed by atoms with E-state index in [0.29, 0.717) is 5.56 Å². The van der Waals surface area contributed by atoms with Crippen molar-refractivity contribution in [2.45, 2.75) is 25.0 Å². The number of hydrogen-bond donors (Lipinski definition) is 1. The van der Waals surface area contributed by atoms with Crippen molar-refractivity contribution in [3.63, 3.8) is 0 Å². The van der Waals surface area contributed by atoms with Gasteiger partial charge in [-0.3, -0.25) is 4.79 Å². The first-order chi connectivity index (χ1) is 8.65. The van der Waals surface area contributed by atoms with Crippen molar-refractivity contribution in [2.75, 3.05) is 5.75 Å². The molecule has 0 saturated heterocycles. The molecule has 0 atom stereocenters. The van der Waals surface area contributed by atoms with Crippen molar-refractivity contribution in [3.8, 4) is 6.07 Å². The Hall–Kier alpha value is -1.47. The maximum Gasteiger partial charge on any atom is 0.303 e. The lowest BCUT2D eigenvalue weighted by atomic mass is 10.1. The fourth-order valence-electron chi connectivity index (χ4n) is 2.00. The lowest BCUT2D eigenvalue weighted by Crippen LogP contribution is -2.11. The minimum Gasteiger partial charge on any atom is -0.481 e. The van der Waals surface area contributed by atoms with Gasteiger partial charge in [-0.1, -0.05) is 18.2 Å². The van der Waals surface area contributed by atoms with E-state index in [4.69, 9.17) is 10.4 Å². The molecule has 0 spiro atoms. The van der Waals surface area contributed by atoms with Crippen LogP contribution >= 0.6 is 11.8 Å². The van der Waals surface area contributed by atoms with Crippen LogP contribution < -0.4 is 0 Å². The zero-order chi connectivity index (χ0) is 13.0. The van der Waals surface area contributed by atoms with Gasteiger partial charge >= 0.3 is 5.97 Å². The van der Waals surface area contributed by atoms with Gasteiger partial charge in [0.05, 0.1) is 18.1 Å². The quantitative estimate of drug-likeness (QED) is 0.855. The van der Waals surface area contributed by atoms with Gasteiger partial charge in [0, 0.05) is 5.75 Å². The number of carboxylic acids is 1. The highest BCUT2D eigenvalue weighted by Crippen LogP contribution is 2.51. The largest absolute Gasteiger partial charge is 0.481 e. The molecule has 1 fully saturated rings. The highest BCUT2D eigenvalue weighted by atomic mass is 32.2. The number of carbonyl (C=O) groups is 1. The van der Waals surface area contributed by atoms with E-state index >= 15 is 0 Å². The van der Waals surface area contributed by atoms with Gasteiger partial charge in [-0.2, -0.15) is 17.0 Å². The minimum absolute atomic E-state index is 0.0259. The summed E-state index contributed by atoms with van der Waals surface area (Å²) in [5.41, 5.74) is 1.78. The normalized spacial score (nSPS) is 15.9. The molecule has 0 aromatic heterocycles. The van der Waals surface area contributed by atoms with Crippen LogP contribution in [0.3, 0.4) is 0 Å². The van der Waals surface area contributed by atoms with E-state index in [-0.39, 0.29) is 11.8 Å². The summed E-state index contributed by atoms with van der Waals surface area (Å²) in [7, 11) is 0. The van der Waals surface area contributed by atoms with Crippen LogP contribution in [0.15, 0.2) is 24.3 Å². The van der Waals surface area contributed by atoms with Crippen molar-refractivity contribution < 1.29 is 9.90 Å². The number of nitriles is 1. The zero-order valence-electron chi connectivity index (χ0n) is 10.1. The van der Waals surface area contributed by atoms with Gasteiger partial charge in [0.25, 0.3) is 0 Å². The van der Waals surface area contributed by atoms with Gasteiger partial charge in [-0.15, -0.1) is 0 Å². The number of nitrogens with zero attached hydrogens (tertiary/aromatic N) is 1. The Morgan fingerprint density at radius 3 is 2.78 bits per heavy atom. The Balaban J connectivity index is 1.86. The number of aliphatic carboxylic acids is 1. The summed E-state index contributed by atoms with van der Waals surface area (Å²) >= 11 is 1.73. The second-order valence-electron chi connectivity index (χ2n) is 4.83. The molecule has 1 aromatic rings. The first kappa shape index (κ1) is 13.0. The first-order valence-corrected chi connectivity index (χ1v) is 7.08. The van der Waals surface area contributed by atoms with E-state index < -0.39 is 5.97 Å². The van der Waals surface area contributed by atoms with Crippen LogP contribution in [0, 0.1) is 16.7 Å². The fourth-order valence-corrected chi connectivity index (χ4v) is 3.40. The molecule has 0 radical (unpaired) electrons. The smallest absolute Gasteiger partial charge is 0.303 e. The summed E-state index contributed by atoms with van der Waals surface area (Å²) in [5, 5.41) is 17.8. The second-order valence-corrected chi connectivity index (χ2v) is 5.82. The van der Waals surface area contributed by atoms with E-state index in [0.717, 1.165) is 29.9 Å². The Morgan fingerprint density at radius 1 is 1.44 bits per heavy atom. The Bertz CT molecular complexity index is 489. The lowest BCUT2D eigenvalue weighted by Gasteiger charge is -2.12. The van der Waals surface area contributed by atoms with Crippen molar-refractivity contribution in [1.82, 2.24) is 0 Å². The topological polar surface area (TPSA) is 61.1 Å². The number of benzene rings is 1. The number of rotatable bonds is 6. The van der Waals surface area contributed by atoms with Gasteiger partial charge in [0.2, 0.25) is 0 Å². The highest BCUT2D eigenvalue weighted by molar-refractivity contribution is 7.98. The molecule has 2 rings (SSSR count). The second kappa shape index (κ2) is 5.45. The van der Waals surface area contributed by atoms with Gasteiger partial charge in [0.15, 0.2) is 0 Å². The van der Waals surface area contributed by atoms with E-state index in [9.17, 15) is 4.79 Å². The molecule has 1 saturated carbocycles. The summed E-state index contributed by atoms with van der Waals surface area (Å²) in [6, 6.07) is 9.76. The van der Waals surface area contributed by atoms with Crippen LogP contribution in [0.5, 0.6) is 0 Å². The Morgan fingerprint density at radius 2 is 2.17 bits per heavy atom. The molecule has 0 aliphatic heterocycles. The van der Waals surface area contributed by atoms with Crippen LogP contribution in [-0.4, -0.2) is 16.8 Å². The average Bonchev–Trinajstić information content (AvgIpc) is 3.09. The molecule has 0 unspecified atom stereocenters. The molecule has 1 N–H and O–H groups in total. The predicted octanol–water partition coefficient (Wildman–Crippen LogP) is 3.05. The van der Waals surface area contributed by atoms with Crippen LogP contribution in [0.25, 0.3) is 0 Å². The van der Waals surface area contributed by atoms with E-state index in [1.54, 1.807) is 11.8 Å². The van der Waals surface area contributed by atoms with E-state index in [1.807, 2.05) is 24.3 Å². The van der Waals surface area contributed by atoms with Gasteiger partial charge in [-0.25, -0.2) is 0 Å². The molecular formula is C14H15NO2S. The maximum atomic E-state index is 10.7. The molecule has 0 amide bonds. The molecule has 1 aromatic carbocycles. The first-order valence-electron chi connectivity index (χ1n) is 5.93. The molecule has 0 bridgehead atoms. The average molecular weight is 261 g/mol. The third kappa shape index (κ3) is 3.27. The Labute approximate surface area is 111 Å². The number of hydrogen-bond acceptors (Lipinski definition) is 3. The third-order valence-electron chi connectivity index (χ3n) is 3.29. The summed E-state index contributed by atoms with van der Waals surface area (Å²) < 4.78 is 0. The molecule has 18 heavy (non-hydrogen) atoms. The van der Waals surface area contributed by atoms with E-state index in [2.05, 4.69) is 6.07 Å². The molecule has 3 nitrogen and oxygen atoms in total. The predicted molar refractivity (Wildman–Crippen MR) is 71.2 cm³/mol.